The van der Waals surface area contributed by atoms with Crippen molar-refractivity contribution < 1.29 is 4.42 Å². The van der Waals surface area contributed by atoms with Gasteiger partial charge in [0.1, 0.15) is 11.3 Å². The van der Waals surface area contributed by atoms with Crippen molar-refractivity contribution in [3.8, 4) is 44.5 Å². The second-order valence-electron chi connectivity index (χ2n) is 17.9. The molecule has 2 nitrogen and oxygen atoms in total. The Balaban J connectivity index is 0.994. The van der Waals surface area contributed by atoms with E-state index in [1.165, 1.54) is 71.3 Å². The molecular weight excluding hydrogens is 823 g/mol. The third-order valence-corrected chi connectivity index (χ3v) is 13.9. The standard InChI is InChI=1S/C66H45NO/c1-2-16-46(17-3-1)57-38-35-53(62-42-52-19-6-7-24-56(52)59-25-8-9-26-60(59)62)43-63(57)67(55-23-13-22-51(41-55)58-28-14-30-65-66(58)61-27-10-11-29-64(61)68-65)54-36-33-45(34-37-54)48-20-12-21-49(39-48)50-32-31-44-15-4-5-18-47(44)40-50/h1-13,15-29,31-43H,14,30H2. The van der Waals surface area contributed by atoms with Crippen LogP contribution in [0.25, 0.3) is 93.4 Å². The summed E-state index contributed by atoms with van der Waals surface area (Å²) in [5.41, 5.74) is 17.2. The molecule has 1 aromatic heterocycles. The molecule has 0 saturated carbocycles. The first-order valence-corrected chi connectivity index (χ1v) is 23.6. The first-order valence-electron chi connectivity index (χ1n) is 23.6. The van der Waals surface area contributed by atoms with Gasteiger partial charge in [0.05, 0.1) is 5.69 Å². The maximum Gasteiger partial charge on any atom is 0.134 e. The van der Waals surface area contributed by atoms with E-state index < -0.39 is 0 Å². The van der Waals surface area contributed by atoms with Gasteiger partial charge in [-0.25, -0.2) is 0 Å². The van der Waals surface area contributed by atoms with Crippen LogP contribution in [0.1, 0.15) is 23.3 Å². The van der Waals surface area contributed by atoms with Crippen LogP contribution in [0.15, 0.2) is 253 Å². The predicted molar refractivity (Wildman–Crippen MR) is 287 cm³/mol. The van der Waals surface area contributed by atoms with Gasteiger partial charge in [0.2, 0.25) is 0 Å². The minimum Gasteiger partial charge on any atom is -0.460 e. The topological polar surface area (TPSA) is 16.4 Å². The first kappa shape index (κ1) is 39.6. The smallest absolute Gasteiger partial charge is 0.134 e. The maximum atomic E-state index is 6.48. The van der Waals surface area contributed by atoms with Crippen LogP contribution in [-0.4, -0.2) is 0 Å². The quantitative estimate of drug-likeness (QED) is 0.142. The highest BCUT2D eigenvalue weighted by atomic mass is 16.3. The summed E-state index contributed by atoms with van der Waals surface area (Å²) in [7, 11) is 0. The number of aryl methyl sites for hydroxylation is 1. The van der Waals surface area contributed by atoms with E-state index >= 15 is 0 Å². The molecule has 0 bridgehead atoms. The van der Waals surface area contributed by atoms with Crippen molar-refractivity contribution in [3.05, 3.63) is 266 Å². The van der Waals surface area contributed by atoms with Gasteiger partial charge in [-0.3, -0.25) is 0 Å². The van der Waals surface area contributed by atoms with E-state index in [0.29, 0.717) is 0 Å². The third kappa shape index (κ3) is 6.98. The molecule has 0 radical (unpaired) electrons. The average Bonchev–Trinajstić information content (AvgIpc) is 3.80. The molecule has 1 heterocycles. The Morgan fingerprint density at radius 3 is 1.82 bits per heavy atom. The number of benzene rings is 11. The van der Waals surface area contributed by atoms with Crippen molar-refractivity contribution in [2.45, 2.75) is 12.8 Å². The predicted octanol–water partition coefficient (Wildman–Crippen LogP) is 18.4. The van der Waals surface area contributed by atoms with Gasteiger partial charge >= 0.3 is 0 Å². The number of rotatable bonds is 8. The molecule has 0 atom stereocenters. The van der Waals surface area contributed by atoms with Crippen LogP contribution in [0.3, 0.4) is 0 Å². The number of para-hydroxylation sites is 1. The van der Waals surface area contributed by atoms with Gasteiger partial charge in [-0.2, -0.15) is 0 Å². The number of fused-ring (bicyclic) bond motifs is 7. The van der Waals surface area contributed by atoms with Crippen LogP contribution >= 0.6 is 0 Å². The fourth-order valence-electron chi connectivity index (χ4n) is 10.6. The SMILES string of the molecule is C1=C(c2cccc(N(c3ccc(-c4cccc(-c5ccc6ccccc6c5)c4)cc3)c3cc(-c4cc5ccccc5c5ccccc45)ccc3-c3ccccc3)c2)c2c(oc3ccccc23)CC1. The fourth-order valence-corrected chi connectivity index (χ4v) is 10.6. The van der Waals surface area contributed by atoms with Crippen LogP contribution in [0, 0.1) is 0 Å². The summed E-state index contributed by atoms with van der Waals surface area (Å²) in [4.78, 5) is 2.46. The zero-order chi connectivity index (χ0) is 45.0. The molecule has 0 aliphatic heterocycles. The second kappa shape index (κ2) is 16.6. The van der Waals surface area contributed by atoms with Crippen molar-refractivity contribution in [3.63, 3.8) is 0 Å². The Bertz CT molecular complexity index is 3910. The Morgan fingerprint density at radius 2 is 0.971 bits per heavy atom. The Kier molecular flexibility index (Phi) is 9.68. The summed E-state index contributed by atoms with van der Waals surface area (Å²) in [6.45, 7) is 0. The van der Waals surface area contributed by atoms with Crippen molar-refractivity contribution in [2.24, 2.45) is 0 Å². The van der Waals surface area contributed by atoms with Gasteiger partial charge < -0.3 is 9.32 Å². The Labute approximate surface area is 396 Å². The molecule has 2 heteroatoms. The monoisotopic (exact) mass is 867 g/mol. The van der Waals surface area contributed by atoms with Crippen LogP contribution in [0.2, 0.25) is 0 Å². The van der Waals surface area contributed by atoms with Crippen molar-refractivity contribution >= 4 is 65.9 Å². The summed E-state index contributed by atoms with van der Waals surface area (Å²) in [6.07, 6.45) is 4.22. The molecular formula is C66H45NO. The third-order valence-electron chi connectivity index (χ3n) is 13.9. The van der Waals surface area contributed by atoms with Gasteiger partial charge in [-0.05, 0) is 143 Å². The van der Waals surface area contributed by atoms with E-state index in [4.69, 9.17) is 4.42 Å². The fraction of sp³-hybridized carbons (Fsp3) is 0.0303. The number of allylic oxidation sites excluding steroid dienone is 1. The molecule has 1 aliphatic rings. The van der Waals surface area contributed by atoms with Gasteiger partial charge in [-0.15, -0.1) is 0 Å². The van der Waals surface area contributed by atoms with E-state index in [1.807, 2.05) is 0 Å². The minimum absolute atomic E-state index is 0.896. The molecule has 0 fully saturated rings. The van der Waals surface area contributed by atoms with Gasteiger partial charge in [0.25, 0.3) is 0 Å². The Hall–Kier alpha value is -8.72. The molecule has 0 saturated heterocycles. The summed E-state index contributed by atoms with van der Waals surface area (Å²) in [5, 5.41) is 8.64. The molecule has 0 amide bonds. The zero-order valence-electron chi connectivity index (χ0n) is 37.4. The largest absolute Gasteiger partial charge is 0.460 e. The van der Waals surface area contributed by atoms with Gasteiger partial charge in [0, 0.05) is 34.3 Å². The number of hydrogen-bond donors (Lipinski definition) is 0. The Morgan fingerprint density at radius 1 is 0.338 bits per heavy atom. The normalized spacial score (nSPS) is 12.4. The molecule has 68 heavy (non-hydrogen) atoms. The van der Waals surface area contributed by atoms with Crippen LogP contribution < -0.4 is 4.90 Å². The lowest BCUT2D eigenvalue weighted by Gasteiger charge is -2.29. The summed E-state index contributed by atoms with van der Waals surface area (Å²) >= 11 is 0. The minimum atomic E-state index is 0.896. The van der Waals surface area contributed by atoms with E-state index in [-0.39, 0.29) is 0 Å². The molecule has 0 spiro atoms. The summed E-state index contributed by atoms with van der Waals surface area (Å²) < 4.78 is 6.48. The van der Waals surface area contributed by atoms with Gasteiger partial charge in [-0.1, -0.05) is 194 Å². The molecule has 0 unspecified atom stereocenters. The lowest BCUT2D eigenvalue weighted by molar-refractivity contribution is 0.545. The van der Waals surface area contributed by atoms with Crippen LogP contribution in [0.5, 0.6) is 0 Å². The van der Waals surface area contributed by atoms with Crippen molar-refractivity contribution in [1.29, 1.82) is 0 Å². The number of nitrogens with zero attached hydrogens (tertiary/aromatic N) is 1. The van der Waals surface area contributed by atoms with Crippen molar-refractivity contribution in [1.82, 2.24) is 0 Å². The number of furan rings is 1. The highest BCUT2D eigenvalue weighted by Crippen LogP contribution is 2.47. The maximum absolute atomic E-state index is 6.48. The van der Waals surface area contributed by atoms with E-state index in [2.05, 4.69) is 254 Å². The lowest BCUT2D eigenvalue weighted by Crippen LogP contribution is -2.12. The van der Waals surface area contributed by atoms with Gasteiger partial charge in [0.15, 0.2) is 0 Å². The molecule has 0 N–H and O–H groups in total. The molecule has 13 rings (SSSR count). The molecule has 320 valence electrons. The van der Waals surface area contributed by atoms with Crippen LogP contribution in [-0.2, 0) is 6.42 Å². The highest BCUT2D eigenvalue weighted by molar-refractivity contribution is 6.14. The number of hydrogen-bond acceptors (Lipinski definition) is 2. The zero-order valence-corrected chi connectivity index (χ0v) is 37.4. The van der Waals surface area contributed by atoms with E-state index in [9.17, 15) is 0 Å². The second-order valence-corrected chi connectivity index (χ2v) is 17.9. The number of anilines is 3. The lowest BCUT2D eigenvalue weighted by atomic mass is 9.89. The molecule has 11 aromatic carbocycles. The summed E-state index contributed by atoms with van der Waals surface area (Å²) in [5.74, 6) is 1.06. The van der Waals surface area contributed by atoms with E-state index in [1.54, 1.807) is 0 Å². The molecule has 1 aliphatic carbocycles. The van der Waals surface area contributed by atoms with E-state index in [0.717, 1.165) is 68.9 Å². The van der Waals surface area contributed by atoms with Crippen LogP contribution in [0.4, 0.5) is 17.1 Å². The highest BCUT2D eigenvalue weighted by Gasteiger charge is 2.24. The molecule has 12 aromatic rings. The first-order chi connectivity index (χ1) is 33.7. The summed E-state index contributed by atoms with van der Waals surface area (Å²) in [6, 6.07) is 88.7. The average molecular weight is 868 g/mol. The van der Waals surface area contributed by atoms with Crippen molar-refractivity contribution in [2.75, 3.05) is 4.90 Å².